The van der Waals surface area contributed by atoms with Crippen LogP contribution in [0.15, 0.2) is 36.4 Å². The number of ether oxygens (including phenoxy) is 1. The van der Waals surface area contributed by atoms with E-state index in [0.717, 1.165) is 17.7 Å². The minimum Gasteiger partial charge on any atom is -0.373 e. The molecule has 0 amide bonds. The number of nitrogens with zero attached hydrogens (tertiary/aromatic N) is 3. The molecule has 0 atom stereocenters. The Bertz CT molecular complexity index is 822. The Labute approximate surface area is 154 Å². The van der Waals surface area contributed by atoms with Gasteiger partial charge in [-0.3, -0.25) is 0 Å². The molecule has 0 bridgehead atoms. The van der Waals surface area contributed by atoms with Gasteiger partial charge in [0.2, 0.25) is 0 Å². The SMILES string of the molecule is N#Cc1ccc(C(F)(F)F)nc1N1CCC(OCc2ccc(F)cc2)CC1. The van der Waals surface area contributed by atoms with Crippen LogP contribution in [0.2, 0.25) is 0 Å². The van der Waals surface area contributed by atoms with Gasteiger partial charge in [0.1, 0.15) is 23.4 Å². The predicted molar refractivity (Wildman–Crippen MR) is 90.4 cm³/mol. The minimum atomic E-state index is -4.56. The number of hydrogen-bond donors (Lipinski definition) is 0. The highest BCUT2D eigenvalue weighted by Gasteiger charge is 2.34. The lowest BCUT2D eigenvalue weighted by Gasteiger charge is -2.33. The van der Waals surface area contributed by atoms with Gasteiger partial charge in [0.15, 0.2) is 0 Å². The maximum absolute atomic E-state index is 12.9. The van der Waals surface area contributed by atoms with Crippen molar-refractivity contribution in [3.63, 3.8) is 0 Å². The molecule has 0 spiro atoms. The van der Waals surface area contributed by atoms with Crippen LogP contribution in [0, 0.1) is 17.1 Å². The molecule has 1 aromatic heterocycles. The number of rotatable bonds is 4. The van der Waals surface area contributed by atoms with E-state index in [0.29, 0.717) is 32.5 Å². The summed E-state index contributed by atoms with van der Waals surface area (Å²) < 4.78 is 57.5. The van der Waals surface area contributed by atoms with E-state index in [9.17, 15) is 22.8 Å². The van der Waals surface area contributed by atoms with Crippen LogP contribution in [0.25, 0.3) is 0 Å². The number of piperidine rings is 1. The van der Waals surface area contributed by atoms with Crippen molar-refractivity contribution in [1.29, 1.82) is 5.26 Å². The number of aromatic nitrogens is 1. The van der Waals surface area contributed by atoms with E-state index in [1.807, 2.05) is 6.07 Å². The summed E-state index contributed by atoms with van der Waals surface area (Å²) in [6.07, 6.45) is -3.41. The Morgan fingerprint density at radius 3 is 2.37 bits per heavy atom. The number of benzene rings is 1. The first-order valence-corrected chi connectivity index (χ1v) is 8.46. The fraction of sp³-hybridized carbons (Fsp3) is 0.368. The van der Waals surface area contributed by atoms with Crippen molar-refractivity contribution in [1.82, 2.24) is 4.98 Å². The zero-order valence-corrected chi connectivity index (χ0v) is 14.3. The zero-order valence-electron chi connectivity index (χ0n) is 14.3. The Hall–Kier alpha value is -2.66. The van der Waals surface area contributed by atoms with Crippen LogP contribution in [0.5, 0.6) is 0 Å². The quantitative estimate of drug-likeness (QED) is 0.744. The van der Waals surface area contributed by atoms with Crippen LogP contribution in [-0.4, -0.2) is 24.2 Å². The summed E-state index contributed by atoms with van der Waals surface area (Å²) in [5.74, 6) is -0.252. The van der Waals surface area contributed by atoms with Gasteiger partial charge in [0, 0.05) is 13.1 Å². The molecule has 3 rings (SSSR count). The molecule has 0 unspecified atom stereocenters. The molecule has 27 heavy (non-hydrogen) atoms. The molecule has 0 saturated carbocycles. The van der Waals surface area contributed by atoms with Gasteiger partial charge < -0.3 is 9.64 Å². The van der Waals surface area contributed by atoms with E-state index in [1.54, 1.807) is 17.0 Å². The van der Waals surface area contributed by atoms with Crippen LogP contribution >= 0.6 is 0 Å². The van der Waals surface area contributed by atoms with Crippen LogP contribution in [0.3, 0.4) is 0 Å². The van der Waals surface area contributed by atoms with E-state index in [4.69, 9.17) is 4.74 Å². The Balaban J connectivity index is 1.62. The second-order valence-corrected chi connectivity index (χ2v) is 6.30. The van der Waals surface area contributed by atoms with Gasteiger partial charge in [-0.15, -0.1) is 0 Å². The van der Waals surface area contributed by atoms with Crippen molar-refractivity contribution < 1.29 is 22.3 Å². The Kier molecular flexibility index (Phi) is 5.61. The van der Waals surface area contributed by atoms with Crippen LogP contribution in [0.4, 0.5) is 23.4 Å². The molecular formula is C19H17F4N3O. The fourth-order valence-electron chi connectivity index (χ4n) is 2.96. The van der Waals surface area contributed by atoms with E-state index >= 15 is 0 Å². The standard InChI is InChI=1S/C19H17F4N3O/c20-15-4-1-13(2-5-15)12-27-16-7-9-26(10-8-16)18-14(11-24)3-6-17(25-18)19(21,22)23/h1-6,16H,7-10,12H2. The van der Waals surface area contributed by atoms with Gasteiger partial charge in [0.05, 0.1) is 18.3 Å². The normalized spacial score (nSPS) is 15.6. The van der Waals surface area contributed by atoms with Crippen molar-refractivity contribution >= 4 is 5.82 Å². The third-order valence-corrected chi connectivity index (χ3v) is 4.43. The number of halogens is 4. The molecule has 8 heteroatoms. The third kappa shape index (κ3) is 4.74. The molecule has 4 nitrogen and oxygen atoms in total. The zero-order chi connectivity index (χ0) is 19.4. The van der Waals surface area contributed by atoms with Crippen LogP contribution in [0.1, 0.15) is 29.7 Å². The molecule has 2 aromatic rings. The number of alkyl halides is 3. The number of pyridine rings is 1. The van der Waals surface area contributed by atoms with E-state index < -0.39 is 11.9 Å². The average molecular weight is 379 g/mol. The average Bonchev–Trinajstić information content (AvgIpc) is 2.67. The molecular weight excluding hydrogens is 362 g/mol. The molecule has 0 aliphatic carbocycles. The number of nitriles is 1. The lowest BCUT2D eigenvalue weighted by molar-refractivity contribution is -0.141. The highest BCUT2D eigenvalue weighted by molar-refractivity contribution is 5.54. The van der Waals surface area contributed by atoms with Gasteiger partial charge in [-0.05, 0) is 42.7 Å². The first-order chi connectivity index (χ1) is 12.9. The van der Waals surface area contributed by atoms with Crippen molar-refractivity contribution in [2.24, 2.45) is 0 Å². The van der Waals surface area contributed by atoms with Gasteiger partial charge in [-0.1, -0.05) is 12.1 Å². The monoisotopic (exact) mass is 379 g/mol. The van der Waals surface area contributed by atoms with E-state index in [-0.39, 0.29) is 23.3 Å². The first kappa shape index (κ1) is 19.1. The molecule has 1 aromatic carbocycles. The fourth-order valence-corrected chi connectivity index (χ4v) is 2.96. The third-order valence-electron chi connectivity index (χ3n) is 4.43. The summed E-state index contributed by atoms with van der Waals surface area (Å²) in [4.78, 5) is 5.35. The summed E-state index contributed by atoms with van der Waals surface area (Å²) in [7, 11) is 0. The summed E-state index contributed by atoms with van der Waals surface area (Å²) in [5, 5.41) is 9.18. The molecule has 1 saturated heterocycles. The summed E-state index contributed by atoms with van der Waals surface area (Å²) in [5.41, 5.74) is -0.0370. The molecule has 1 aliphatic heterocycles. The second kappa shape index (κ2) is 7.92. The summed E-state index contributed by atoms with van der Waals surface area (Å²) >= 11 is 0. The Morgan fingerprint density at radius 1 is 1.11 bits per heavy atom. The van der Waals surface area contributed by atoms with Crippen molar-refractivity contribution in [3.8, 4) is 6.07 Å². The van der Waals surface area contributed by atoms with Crippen molar-refractivity contribution in [2.75, 3.05) is 18.0 Å². The predicted octanol–water partition coefficient (Wildman–Crippen LogP) is 4.30. The van der Waals surface area contributed by atoms with Gasteiger partial charge in [0.25, 0.3) is 0 Å². The van der Waals surface area contributed by atoms with Crippen LogP contribution < -0.4 is 4.90 Å². The smallest absolute Gasteiger partial charge is 0.373 e. The molecule has 142 valence electrons. The highest BCUT2D eigenvalue weighted by atomic mass is 19.4. The molecule has 1 fully saturated rings. The molecule has 1 aliphatic rings. The maximum atomic E-state index is 12.9. The Morgan fingerprint density at radius 2 is 1.78 bits per heavy atom. The second-order valence-electron chi connectivity index (χ2n) is 6.30. The van der Waals surface area contributed by atoms with Gasteiger partial charge in [-0.2, -0.15) is 18.4 Å². The van der Waals surface area contributed by atoms with Gasteiger partial charge >= 0.3 is 6.18 Å². The minimum absolute atomic E-state index is 0.0531. The van der Waals surface area contributed by atoms with Crippen LogP contribution in [-0.2, 0) is 17.5 Å². The first-order valence-electron chi connectivity index (χ1n) is 8.46. The van der Waals surface area contributed by atoms with Gasteiger partial charge in [-0.25, -0.2) is 9.37 Å². The summed E-state index contributed by atoms with van der Waals surface area (Å²) in [6.45, 7) is 1.23. The van der Waals surface area contributed by atoms with E-state index in [2.05, 4.69) is 4.98 Å². The lowest BCUT2D eigenvalue weighted by Crippen LogP contribution is -2.38. The topological polar surface area (TPSA) is 49.2 Å². The molecule has 2 heterocycles. The maximum Gasteiger partial charge on any atom is 0.433 e. The molecule has 0 N–H and O–H groups in total. The van der Waals surface area contributed by atoms with E-state index in [1.165, 1.54) is 12.1 Å². The molecule has 0 radical (unpaired) electrons. The summed E-state index contributed by atoms with van der Waals surface area (Å²) in [6, 6.07) is 9.90. The van der Waals surface area contributed by atoms with Crippen molar-refractivity contribution in [3.05, 3.63) is 59.0 Å². The lowest BCUT2D eigenvalue weighted by atomic mass is 10.1. The number of anilines is 1. The van der Waals surface area contributed by atoms with Crippen molar-refractivity contribution in [2.45, 2.75) is 31.7 Å². The highest BCUT2D eigenvalue weighted by Crippen LogP contribution is 2.31. The number of hydrogen-bond acceptors (Lipinski definition) is 4. The largest absolute Gasteiger partial charge is 0.433 e.